The molecule has 0 spiro atoms. The molecule has 0 radical (unpaired) electrons. The predicted molar refractivity (Wildman–Crippen MR) is 141 cm³/mol. The molecule has 338 valence electrons. The van der Waals surface area contributed by atoms with E-state index in [4.69, 9.17) is 0 Å². The summed E-state index contributed by atoms with van der Waals surface area (Å²) in [6.07, 6.45) is -15.5. The second-order valence-corrected chi connectivity index (χ2v) is 19.3. The summed E-state index contributed by atoms with van der Waals surface area (Å²) < 4.78 is 391. The number of hydrogen-bond acceptors (Lipinski definition) is 8. The molecule has 0 heterocycles. The highest BCUT2D eigenvalue weighted by Gasteiger charge is 2.88. The van der Waals surface area contributed by atoms with Crippen molar-refractivity contribution >= 4 is 50.1 Å². The molecule has 36 heteroatoms. The Balaban J connectivity index is 0.000000600. The van der Waals surface area contributed by atoms with E-state index < -0.39 is 112 Å². The Morgan fingerprint density at radius 2 is 0.690 bits per heavy atom. The molecular weight excluding hydrogens is 976 g/mol. The first-order valence-electron chi connectivity index (χ1n) is 12.8. The van der Waals surface area contributed by atoms with E-state index >= 15 is 0 Å². The maximum Gasteiger partial charge on any atom is 0.499 e. The van der Waals surface area contributed by atoms with E-state index in [2.05, 4.69) is 0 Å². The van der Waals surface area contributed by atoms with Gasteiger partial charge in [-0.2, -0.15) is 105 Å². The summed E-state index contributed by atoms with van der Waals surface area (Å²) >= 11 is 0. The van der Waals surface area contributed by atoms with Crippen LogP contribution in [-0.2, 0) is 39.3 Å². The number of benzene rings is 2. The van der Waals surface area contributed by atoms with Crippen LogP contribution in [-0.4, -0.2) is 96.3 Å². The zero-order valence-electron chi connectivity index (χ0n) is 25.8. The van der Waals surface area contributed by atoms with Crippen LogP contribution in [0.25, 0.3) is 10.8 Å². The van der Waals surface area contributed by atoms with Gasteiger partial charge in [-0.05, 0) is 16.3 Å². The Bertz CT molecular complexity index is 2160. The fraction of sp³-hybridized carbons (Fsp3) is 0.545. The molecule has 0 fully saturated rings. The first kappa shape index (κ1) is 52.8. The van der Waals surface area contributed by atoms with E-state index in [1.807, 2.05) is 0 Å². The van der Waals surface area contributed by atoms with Gasteiger partial charge in [-0.1, -0.05) is 42.5 Å². The van der Waals surface area contributed by atoms with Crippen molar-refractivity contribution in [1.82, 2.24) is 0 Å². The van der Waals surface area contributed by atoms with Crippen molar-refractivity contribution in [2.75, 3.05) is 5.08 Å². The van der Waals surface area contributed by atoms with Gasteiger partial charge in [0.15, 0.2) is 5.08 Å². The summed E-state index contributed by atoms with van der Waals surface area (Å²) in [6, 6.07) is 7.82. The van der Waals surface area contributed by atoms with Crippen molar-refractivity contribution in [3.63, 3.8) is 0 Å². The third-order valence-electron chi connectivity index (χ3n) is 6.61. The van der Waals surface area contributed by atoms with Crippen LogP contribution >= 0.6 is 0 Å². The molecule has 0 aliphatic carbocycles. The lowest BCUT2D eigenvalue weighted by Gasteiger charge is -2.34. The van der Waals surface area contributed by atoms with Gasteiger partial charge >= 0.3 is 57.6 Å². The van der Waals surface area contributed by atoms with E-state index in [0.29, 0.717) is 6.07 Å². The van der Waals surface area contributed by atoms with Gasteiger partial charge < -0.3 is 0 Å². The fourth-order valence-electron chi connectivity index (χ4n) is 3.66. The quantitative estimate of drug-likeness (QED) is 0.205. The molecule has 0 aliphatic heterocycles. The van der Waals surface area contributed by atoms with Gasteiger partial charge in [-0.15, -0.1) is 0 Å². The van der Waals surface area contributed by atoms with Gasteiger partial charge in [0, 0.05) is 0 Å². The van der Waals surface area contributed by atoms with Crippen LogP contribution in [0.4, 0.5) is 105 Å². The van der Waals surface area contributed by atoms with Gasteiger partial charge in [0.05, 0.1) is 0 Å². The molecule has 58 heavy (non-hydrogen) atoms. The van der Waals surface area contributed by atoms with Crippen molar-refractivity contribution in [2.24, 2.45) is 0 Å². The normalized spacial score (nSPS) is 15.7. The van der Waals surface area contributed by atoms with Crippen LogP contribution in [0.1, 0.15) is 10.1 Å². The van der Waals surface area contributed by atoms with Crippen LogP contribution in [0, 0.1) is 0 Å². The van der Waals surface area contributed by atoms with Crippen LogP contribution in [0.3, 0.4) is 0 Å². The second-order valence-electron chi connectivity index (χ2n) is 10.6. The zero-order valence-corrected chi connectivity index (χ0v) is 29.1. The van der Waals surface area contributed by atoms with E-state index in [9.17, 15) is 139 Å². The number of hydrogen-bond donors (Lipinski definition) is 0. The lowest BCUT2D eigenvalue weighted by atomic mass is 10.1. The molecular formula is C22H10F24O8S4. The molecule has 0 aromatic heterocycles. The molecule has 0 saturated carbocycles. The molecule has 2 aromatic carbocycles. The Kier molecular flexibility index (Phi) is 13.5. The third-order valence-corrected chi connectivity index (χ3v) is 15.6. The molecule has 0 amide bonds. The van der Waals surface area contributed by atoms with Gasteiger partial charge in [0.2, 0.25) is 24.3 Å². The van der Waals surface area contributed by atoms with Gasteiger partial charge in [0.25, 0.3) is 19.7 Å². The van der Waals surface area contributed by atoms with E-state index in [0.717, 1.165) is 12.1 Å². The summed E-state index contributed by atoms with van der Waals surface area (Å²) in [4.78, 5) is 0. The van der Waals surface area contributed by atoms with Crippen LogP contribution in [0.15, 0.2) is 42.5 Å². The summed E-state index contributed by atoms with van der Waals surface area (Å²) in [5, 5.41) is -21.1. The molecule has 0 atom stereocenters. The molecule has 0 N–H and O–H groups in total. The van der Waals surface area contributed by atoms with Crippen molar-refractivity contribution < 1.29 is 139 Å². The van der Waals surface area contributed by atoms with Crippen LogP contribution < -0.4 is 0 Å². The Labute approximate surface area is 304 Å². The largest absolute Gasteiger partial charge is 0.499 e. The second kappa shape index (κ2) is 14.8. The summed E-state index contributed by atoms with van der Waals surface area (Å²) in [5.41, 5.74) is -13.5. The minimum atomic E-state index is -8.43. The zero-order chi connectivity index (χ0) is 47.0. The Hall–Kier alpha value is -3.18. The van der Waals surface area contributed by atoms with Crippen molar-refractivity contribution in [2.45, 2.75) is 62.2 Å². The number of fused-ring (bicyclic) bond motifs is 1. The molecule has 0 unspecified atom stereocenters. The molecule has 0 saturated heterocycles. The highest BCUT2D eigenvalue weighted by atomic mass is 32.3. The SMILES string of the molecule is O=S(=O)(C(c1cccc2ccccc12)S(=O)(=O)C(F)(F)F)C(F)(F)F.O=S(=O)(CS(=O)(=O)C(F)(F)C(F)(F)C(F)(F)C(F)(F)F)C(F)(F)C(F)(F)C(F)(F)C(F)(F)F. The average molecular weight is 987 g/mol. The smallest absolute Gasteiger partial charge is 0.221 e. The van der Waals surface area contributed by atoms with E-state index in [1.165, 1.54) is 24.3 Å². The van der Waals surface area contributed by atoms with E-state index in [-0.39, 0.29) is 10.8 Å². The first-order valence-corrected chi connectivity index (χ1v) is 19.2. The topological polar surface area (TPSA) is 137 Å². The first-order chi connectivity index (χ1) is 24.9. The van der Waals surface area contributed by atoms with Crippen LogP contribution in [0.5, 0.6) is 0 Å². The minimum Gasteiger partial charge on any atom is -0.221 e. The standard InChI is InChI=1S/C13H8F6O4S2.C9H2F18O4S2/c14-12(15,16)24(20,21)11(25(22,23)13(17,18)19)10-7-3-5-8-4-1-2-6-9(8)10;10-2(11,6(18,19)20)4(14,15)8(24,25)32(28,29)1-33(30,31)9(26,27)5(16,17)3(12,13)7(21,22)23/h1-7,11H;1H2. The van der Waals surface area contributed by atoms with Crippen molar-refractivity contribution in [3.8, 4) is 0 Å². The minimum absolute atomic E-state index is 0.0831. The van der Waals surface area contributed by atoms with Gasteiger partial charge in [-0.25, -0.2) is 33.7 Å². The maximum atomic E-state index is 13.3. The van der Waals surface area contributed by atoms with Crippen molar-refractivity contribution in [1.29, 1.82) is 0 Å². The monoisotopic (exact) mass is 986 g/mol. The lowest BCUT2D eigenvalue weighted by Crippen LogP contribution is -2.66. The number of rotatable bonds is 11. The Morgan fingerprint density at radius 3 is 0.983 bits per heavy atom. The highest BCUT2D eigenvalue weighted by molar-refractivity contribution is 8.09. The number of halogens is 24. The van der Waals surface area contributed by atoms with Crippen molar-refractivity contribution in [3.05, 3.63) is 48.0 Å². The predicted octanol–water partition coefficient (Wildman–Crippen LogP) is 8.33. The number of alkyl halides is 24. The van der Waals surface area contributed by atoms with Crippen LogP contribution in [0.2, 0.25) is 0 Å². The summed E-state index contributed by atoms with van der Waals surface area (Å²) in [7, 11) is -30.3. The van der Waals surface area contributed by atoms with Gasteiger partial charge in [-0.3, -0.25) is 0 Å². The van der Waals surface area contributed by atoms with Gasteiger partial charge in [0.1, 0.15) is 0 Å². The average Bonchev–Trinajstić information content (AvgIpc) is 2.98. The van der Waals surface area contributed by atoms with E-state index in [1.54, 1.807) is 0 Å². The molecule has 8 nitrogen and oxygen atoms in total. The highest BCUT2D eigenvalue weighted by Crippen LogP contribution is 2.58. The number of sulfone groups is 4. The fourth-order valence-corrected chi connectivity index (χ4v) is 11.1. The Morgan fingerprint density at radius 1 is 0.397 bits per heavy atom. The molecule has 0 bridgehead atoms. The third kappa shape index (κ3) is 8.42. The molecule has 2 rings (SSSR count). The lowest BCUT2D eigenvalue weighted by molar-refractivity contribution is -0.382. The molecule has 0 aliphatic rings. The summed E-state index contributed by atoms with van der Waals surface area (Å²) in [6.45, 7) is 0. The maximum absolute atomic E-state index is 13.3. The molecule has 2 aromatic rings. The summed E-state index contributed by atoms with van der Waals surface area (Å²) in [5.74, 6) is -32.6.